The minimum absolute atomic E-state index is 0.104. The van der Waals surface area contributed by atoms with Gasteiger partial charge in [0.05, 0.1) is 26.4 Å². The molecule has 0 aliphatic rings. The smallest absolute Gasteiger partial charge is 0.462 e. The molecule has 0 aromatic carbocycles. The van der Waals surface area contributed by atoms with E-state index in [9.17, 15) is 43.2 Å². The van der Waals surface area contributed by atoms with Gasteiger partial charge in [-0.2, -0.15) is 0 Å². The van der Waals surface area contributed by atoms with Gasteiger partial charge >= 0.3 is 39.5 Å². The van der Waals surface area contributed by atoms with E-state index in [0.29, 0.717) is 25.7 Å². The van der Waals surface area contributed by atoms with Crippen LogP contribution in [0.2, 0.25) is 0 Å². The Morgan fingerprint density at radius 2 is 0.558 bits per heavy atom. The Labute approximate surface area is 524 Å². The predicted molar refractivity (Wildman–Crippen MR) is 345 cm³/mol. The fraction of sp³-hybridized carbons (Fsp3) is 0.940. The van der Waals surface area contributed by atoms with Crippen molar-refractivity contribution in [3.63, 3.8) is 0 Å². The van der Waals surface area contributed by atoms with Crippen LogP contribution in [0.5, 0.6) is 0 Å². The van der Waals surface area contributed by atoms with Crippen LogP contribution in [0, 0.1) is 5.92 Å². The van der Waals surface area contributed by atoms with Gasteiger partial charge in [-0.15, -0.1) is 0 Å². The molecule has 0 bridgehead atoms. The highest BCUT2D eigenvalue weighted by molar-refractivity contribution is 7.47. The fourth-order valence-corrected chi connectivity index (χ4v) is 11.7. The Hall–Kier alpha value is -1.94. The van der Waals surface area contributed by atoms with Crippen molar-refractivity contribution in [3.05, 3.63) is 0 Å². The predicted octanol–water partition coefficient (Wildman–Crippen LogP) is 19.0. The largest absolute Gasteiger partial charge is 0.472 e. The summed E-state index contributed by atoms with van der Waals surface area (Å²) in [6.07, 6.45) is 46.1. The minimum Gasteiger partial charge on any atom is -0.462 e. The summed E-state index contributed by atoms with van der Waals surface area (Å²) in [5.74, 6) is -1.33. The third kappa shape index (κ3) is 59.7. The molecule has 0 rings (SSSR count). The quantitative estimate of drug-likeness (QED) is 0.0222. The van der Waals surface area contributed by atoms with Crippen LogP contribution < -0.4 is 0 Å². The van der Waals surface area contributed by atoms with Crippen LogP contribution in [-0.4, -0.2) is 96.7 Å². The minimum atomic E-state index is -4.95. The number of carbonyl (C=O) groups is 4. The highest BCUT2D eigenvalue weighted by Gasteiger charge is 2.30. The number of carbonyl (C=O) groups excluding carboxylic acids is 4. The summed E-state index contributed by atoms with van der Waals surface area (Å²) in [5, 5.41) is 10.5. The maximum atomic E-state index is 13.0. The van der Waals surface area contributed by atoms with Crippen molar-refractivity contribution in [1.29, 1.82) is 0 Å². The van der Waals surface area contributed by atoms with E-state index in [1.54, 1.807) is 0 Å². The molecule has 0 fully saturated rings. The average molecular weight is 1270 g/mol. The molecule has 6 atom stereocenters. The molecule has 0 spiro atoms. The van der Waals surface area contributed by atoms with Crippen molar-refractivity contribution < 1.29 is 80.2 Å². The Balaban J connectivity index is 5.16. The van der Waals surface area contributed by atoms with Crippen LogP contribution in [0.25, 0.3) is 0 Å². The third-order valence-electron chi connectivity index (χ3n) is 15.9. The molecule has 0 radical (unpaired) electrons. The lowest BCUT2D eigenvalue weighted by Gasteiger charge is -2.21. The van der Waals surface area contributed by atoms with E-state index in [4.69, 9.17) is 37.0 Å². The zero-order chi connectivity index (χ0) is 63.5. The van der Waals surface area contributed by atoms with E-state index in [-0.39, 0.29) is 25.7 Å². The van der Waals surface area contributed by atoms with Crippen molar-refractivity contribution >= 4 is 39.5 Å². The lowest BCUT2D eigenvalue weighted by molar-refractivity contribution is -0.161. The van der Waals surface area contributed by atoms with E-state index in [2.05, 4.69) is 34.6 Å². The van der Waals surface area contributed by atoms with Gasteiger partial charge < -0.3 is 33.8 Å². The van der Waals surface area contributed by atoms with Gasteiger partial charge in [-0.3, -0.25) is 37.3 Å². The number of aliphatic hydroxyl groups is 1. The summed E-state index contributed by atoms with van der Waals surface area (Å²) in [6, 6.07) is 0. The lowest BCUT2D eigenvalue weighted by Crippen LogP contribution is -2.30. The molecule has 0 aromatic rings. The molecular formula is C67H130O17P2. The van der Waals surface area contributed by atoms with Crippen LogP contribution in [0.15, 0.2) is 0 Å². The maximum absolute atomic E-state index is 13.0. The molecule has 0 saturated heterocycles. The van der Waals surface area contributed by atoms with Crippen LogP contribution >= 0.6 is 15.6 Å². The molecular weight excluding hydrogens is 1140 g/mol. The molecule has 0 aliphatic carbocycles. The first-order valence-electron chi connectivity index (χ1n) is 35.2. The van der Waals surface area contributed by atoms with Gasteiger partial charge in [0.15, 0.2) is 12.2 Å². The van der Waals surface area contributed by atoms with E-state index in [0.717, 1.165) is 121 Å². The van der Waals surface area contributed by atoms with Crippen molar-refractivity contribution in [3.8, 4) is 0 Å². The Bertz CT molecular complexity index is 1670. The number of hydrogen-bond acceptors (Lipinski definition) is 15. The number of rotatable bonds is 67. The van der Waals surface area contributed by atoms with Crippen LogP contribution in [0.1, 0.15) is 343 Å². The lowest BCUT2D eigenvalue weighted by atomic mass is 9.99. The Morgan fingerprint density at radius 1 is 0.326 bits per heavy atom. The van der Waals surface area contributed by atoms with Gasteiger partial charge in [0.25, 0.3) is 0 Å². The molecule has 3 N–H and O–H groups in total. The summed E-state index contributed by atoms with van der Waals surface area (Å²) >= 11 is 0. The molecule has 19 heteroatoms. The number of unbranched alkanes of at least 4 members (excludes halogenated alkanes) is 38. The van der Waals surface area contributed by atoms with E-state index in [1.807, 2.05) is 0 Å². The number of phosphoric acid groups is 2. The van der Waals surface area contributed by atoms with E-state index in [1.165, 1.54) is 141 Å². The monoisotopic (exact) mass is 1270 g/mol. The molecule has 0 saturated carbocycles. The van der Waals surface area contributed by atoms with Crippen LogP contribution in [-0.2, 0) is 65.4 Å². The fourth-order valence-electron chi connectivity index (χ4n) is 10.1. The van der Waals surface area contributed by atoms with Gasteiger partial charge in [-0.25, -0.2) is 9.13 Å². The molecule has 0 heterocycles. The topological polar surface area (TPSA) is 237 Å². The molecule has 510 valence electrons. The second-order valence-electron chi connectivity index (χ2n) is 24.5. The molecule has 3 unspecified atom stereocenters. The number of hydrogen-bond donors (Lipinski definition) is 3. The Morgan fingerprint density at radius 3 is 0.826 bits per heavy atom. The number of ether oxygens (including phenoxy) is 4. The van der Waals surface area contributed by atoms with Gasteiger partial charge in [0.2, 0.25) is 0 Å². The summed E-state index contributed by atoms with van der Waals surface area (Å²) in [5.41, 5.74) is 0. The second kappa shape index (κ2) is 60.6. The van der Waals surface area contributed by atoms with E-state index < -0.39 is 97.5 Å². The van der Waals surface area contributed by atoms with E-state index >= 15 is 0 Å². The number of phosphoric ester groups is 2. The highest BCUT2D eigenvalue weighted by Crippen LogP contribution is 2.45. The first-order valence-corrected chi connectivity index (χ1v) is 38.2. The van der Waals surface area contributed by atoms with Gasteiger partial charge in [-0.1, -0.05) is 291 Å². The summed E-state index contributed by atoms with van der Waals surface area (Å²) < 4.78 is 67.9. The standard InChI is InChI=1S/C67H130O17P2/c1-6-10-13-16-19-20-21-22-23-24-25-26-27-28-33-38-43-48-53-67(72)84-63(57-78-65(70)51-46-41-37-32-30-29-31-36-39-44-49-60(5)9-4)59-82-86(75,76)80-55-61(68)54-79-85(73,74)81-58-62(83-66(71)52-47-42-35-18-15-12-8-3)56-77-64(69)50-45-40-34-17-14-11-7-2/h60-63,68H,6-59H2,1-5H3,(H,73,74)(H,75,76)/t60?,61-,62+,63+/m0/s1. The van der Waals surface area contributed by atoms with Gasteiger partial charge in [0, 0.05) is 25.7 Å². The zero-order valence-electron chi connectivity index (χ0n) is 55.4. The van der Waals surface area contributed by atoms with Crippen LogP contribution in [0.4, 0.5) is 0 Å². The van der Waals surface area contributed by atoms with Gasteiger partial charge in [-0.05, 0) is 31.6 Å². The summed E-state index contributed by atoms with van der Waals surface area (Å²) in [6.45, 7) is 7.17. The first-order chi connectivity index (χ1) is 41.6. The average Bonchev–Trinajstić information content (AvgIpc) is 3.70. The molecule has 17 nitrogen and oxygen atoms in total. The summed E-state index contributed by atoms with van der Waals surface area (Å²) in [4.78, 5) is 72.1. The van der Waals surface area contributed by atoms with Crippen molar-refractivity contribution in [1.82, 2.24) is 0 Å². The third-order valence-corrected chi connectivity index (χ3v) is 17.8. The maximum Gasteiger partial charge on any atom is 0.472 e. The normalized spacial score (nSPS) is 14.5. The molecule has 0 aromatic heterocycles. The van der Waals surface area contributed by atoms with Crippen molar-refractivity contribution in [2.24, 2.45) is 5.92 Å². The molecule has 86 heavy (non-hydrogen) atoms. The van der Waals surface area contributed by atoms with Crippen molar-refractivity contribution in [2.75, 3.05) is 39.6 Å². The number of esters is 4. The van der Waals surface area contributed by atoms with Crippen LogP contribution in [0.3, 0.4) is 0 Å². The molecule has 0 aliphatic heterocycles. The number of aliphatic hydroxyl groups excluding tert-OH is 1. The summed E-state index contributed by atoms with van der Waals surface area (Å²) in [7, 11) is -9.88. The first kappa shape index (κ1) is 84.1. The Kier molecular flexibility index (Phi) is 59.2. The van der Waals surface area contributed by atoms with Gasteiger partial charge in [0.1, 0.15) is 19.3 Å². The molecule has 0 amide bonds. The zero-order valence-corrected chi connectivity index (χ0v) is 57.2. The second-order valence-corrected chi connectivity index (χ2v) is 27.4. The highest BCUT2D eigenvalue weighted by atomic mass is 31.2. The van der Waals surface area contributed by atoms with Crippen molar-refractivity contribution in [2.45, 2.75) is 361 Å². The SMILES string of the molecule is CCCCCCCCCCCCCCCCCCCCC(=O)O[C@H](COC(=O)CCCCCCCCCCCCC(C)CC)COP(=O)(O)OC[C@@H](O)COP(=O)(O)OC[C@@H](COC(=O)CCCCCCCCC)OC(=O)CCCCCCCCC.